The van der Waals surface area contributed by atoms with E-state index >= 15 is 0 Å². The fourth-order valence-corrected chi connectivity index (χ4v) is 3.16. The van der Waals surface area contributed by atoms with E-state index in [9.17, 15) is 5.26 Å². The Hall–Kier alpha value is -3.11. The van der Waals surface area contributed by atoms with E-state index in [1.807, 2.05) is 12.3 Å². The summed E-state index contributed by atoms with van der Waals surface area (Å²) in [5.41, 5.74) is 5.54. The molecule has 0 amide bonds. The Morgan fingerprint density at radius 3 is 2.95 bits per heavy atom. The van der Waals surface area contributed by atoms with Crippen molar-refractivity contribution in [3.63, 3.8) is 0 Å². The first-order valence-corrected chi connectivity index (χ1v) is 6.69. The Kier molecular flexibility index (Phi) is 2.20. The van der Waals surface area contributed by atoms with E-state index in [0.717, 1.165) is 17.4 Å². The van der Waals surface area contributed by atoms with Gasteiger partial charge in [-0.05, 0) is 18.6 Å². The first-order valence-electron chi connectivity index (χ1n) is 6.69. The SMILES string of the molecule is [C-]#[N+]c1ccc2c(c[n+]3n2-c2c(C)cccc2C3)c1C#N. The van der Waals surface area contributed by atoms with Gasteiger partial charge < -0.3 is 0 Å². The normalized spacial score (nSPS) is 11.8. The lowest BCUT2D eigenvalue weighted by Gasteiger charge is -2.02. The average Bonchev–Trinajstić information content (AvgIpc) is 3.01. The maximum atomic E-state index is 9.38. The zero-order valence-electron chi connectivity index (χ0n) is 11.5. The van der Waals surface area contributed by atoms with Gasteiger partial charge in [0.1, 0.15) is 11.2 Å². The Labute approximate surface area is 121 Å². The van der Waals surface area contributed by atoms with Gasteiger partial charge in [0.2, 0.25) is 11.9 Å². The molecule has 0 saturated heterocycles. The topological polar surface area (TPSA) is 37.0 Å². The van der Waals surface area contributed by atoms with E-state index in [-0.39, 0.29) is 0 Å². The van der Waals surface area contributed by atoms with Crippen LogP contribution in [0.15, 0.2) is 36.5 Å². The molecule has 98 valence electrons. The van der Waals surface area contributed by atoms with Crippen molar-refractivity contribution >= 4 is 16.6 Å². The van der Waals surface area contributed by atoms with Gasteiger partial charge in [0.15, 0.2) is 6.54 Å². The van der Waals surface area contributed by atoms with Gasteiger partial charge in [0.05, 0.1) is 23.6 Å². The van der Waals surface area contributed by atoms with Crippen LogP contribution < -0.4 is 4.68 Å². The molecule has 0 radical (unpaired) electrons. The van der Waals surface area contributed by atoms with Crippen molar-refractivity contribution in [1.29, 1.82) is 5.26 Å². The van der Waals surface area contributed by atoms with Crippen molar-refractivity contribution in [3.05, 3.63) is 64.6 Å². The van der Waals surface area contributed by atoms with E-state index in [1.54, 1.807) is 6.07 Å². The lowest BCUT2D eigenvalue weighted by molar-refractivity contribution is -0.749. The van der Waals surface area contributed by atoms with Crippen molar-refractivity contribution in [3.8, 4) is 11.8 Å². The quantitative estimate of drug-likeness (QED) is 0.358. The predicted molar refractivity (Wildman–Crippen MR) is 78.3 cm³/mol. The third-order valence-corrected chi connectivity index (χ3v) is 4.06. The molecule has 1 aliphatic heterocycles. The molecule has 0 saturated carbocycles. The summed E-state index contributed by atoms with van der Waals surface area (Å²) in [5.74, 6) is 0. The minimum Gasteiger partial charge on any atom is -0.237 e. The molecular weight excluding hydrogens is 260 g/mol. The predicted octanol–water partition coefficient (Wildman–Crippen LogP) is 3.01. The molecule has 3 aromatic rings. The molecule has 0 fully saturated rings. The number of hydrogen-bond acceptors (Lipinski definition) is 1. The monoisotopic (exact) mass is 271 g/mol. The molecule has 4 rings (SSSR count). The molecule has 0 N–H and O–H groups in total. The van der Waals surface area contributed by atoms with Crippen LogP contribution in [-0.4, -0.2) is 4.68 Å². The van der Waals surface area contributed by atoms with Crippen LogP contribution >= 0.6 is 0 Å². The number of fused-ring (bicyclic) bond motifs is 5. The van der Waals surface area contributed by atoms with Gasteiger partial charge >= 0.3 is 0 Å². The number of para-hydroxylation sites is 1. The average molecular weight is 271 g/mol. The highest BCUT2D eigenvalue weighted by atomic mass is 15.4. The summed E-state index contributed by atoms with van der Waals surface area (Å²) in [5, 5.41) is 10.2. The van der Waals surface area contributed by atoms with E-state index in [1.165, 1.54) is 16.8 Å². The highest BCUT2D eigenvalue weighted by molar-refractivity contribution is 5.91. The molecule has 0 bridgehead atoms. The summed E-state index contributed by atoms with van der Waals surface area (Å²) in [6.07, 6.45) is 1.97. The minimum absolute atomic E-state index is 0.417. The van der Waals surface area contributed by atoms with Crippen molar-refractivity contribution in [2.45, 2.75) is 13.5 Å². The third-order valence-electron chi connectivity index (χ3n) is 4.06. The fraction of sp³-hybridized carbons (Fsp3) is 0.118. The van der Waals surface area contributed by atoms with Crippen LogP contribution in [0.4, 0.5) is 5.69 Å². The largest absolute Gasteiger partial charge is 0.237 e. The highest BCUT2D eigenvalue weighted by Crippen LogP contribution is 2.32. The molecule has 0 atom stereocenters. The van der Waals surface area contributed by atoms with Crippen LogP contribution in [0.1, 0.15) is 16.7 Å². The molecule has 1 aliphatic rings. The van der Waals surface area contributed by atoms with Gasteiger partial charge in [-0.1, -0.05) is 24.3 Å². The van der Waals surface area contributed by atoms with Crippen LogP contribution in [0.2, 0.25) is 0 Å². The number of aromatic nitrogens is 2. The third kappa shape index (κ3) is 1.39. The number of nitrogens with zero attached hydrogens (tertiary/aromatic N) is 4. The standard InChI is InChI=1S/C17H11N4/c1-11-4-3-5-12-9-20-10-14-13(8-18)15(19-2)6-7-16(14)21(20)17(11)12/h3-7,10H,9H2,1H3/q+1. The number of nitriles is 1. The fourth-order valence-electron chi connectivity index (χ4n) is 3.16. The van der Waals surface area contributed by atoms with E-state index < -0.39 is 0 Å². The van der Waals surface area contributed by atoms with Gasteiger partial charge in [-0.3, -0.25) is 0 Å². The second-order valence-corrected chi connectivity index (χ2v) is 5.24. The van der Waals surface area contributed by atoms with Gasteiger partial charge in [-0.2, -0.15) is 5.26 Å². The Balaban J connectivity index is 2.14. The molecule has 0 aliphatic carbocycles. The van der Waals surface area contributed by atoms with Crippen molar-refractivity contribution in [2.75, 3.05) is 0 Å². The maximum Gasteiger partial charge on any atom is 0.205 e. The van der Waals surface area contributed by atoms with Crippen molar-refractivity contribution in [1.82, 2.24) is 4.68 Å². The zero-order valence-corrected chi connectivity index (χ0v) is 11.5. The maximum absolute atomic E-state index is 9.38. The van der Waals surface area contributed by atoms with Crippen LogP contribution in [-0.2, 0) is 6.54 Å². The highest BCUT2D eigenvalue weighted by Gasteiger charge is 2.30. The lowest BCUT2D eigenvalue weighted by Crippen LogP contribution is -2.36. The minimum atomic E-state index is 0.417. The Morgan fingerprint density at radius 2 is 2.19 bits per heavy atom. The first-order chi connectivity index (χ1) is 10.2. The van der Waals surface area contributed by atoms with Gasteiger partial charge in [-0.25, -0.2) is 4.85 Å². The smallest absolute Gasteiger partial charge is 0.205 e. The Morgan fingerprint density at radius 1 is 1.33 bits per heavy atom. The second kappa shape index (κ2) is 3.94. The number of rotatable bonds is 0. The molecule has 0 unspecified atom stereocenters. The second-order valence-electron chi connectivity index (χ2n) is 5.24. The van der Waals surface area contributed by atoms with Gasteiger partial charge in [0, 0.05) is 5.56 Å². The molecule has 0 spiro atoms. The van der Waals surface area contributed by atoms with E-state index in [2.05, 4.69) is 45.4 Å². The molecule has 1 aromatic heterocycles. The Bertz CT molecular complexity index is 996. The van der Waals surface area contributed by atoms with Crippen molar-refractivity contribution in [2.24, 2.45) is 0 Å². The van der Waals surface area contributed by atoms with E-state index in [4.69, 9.17) is 6.57 Å². The van der Waals surface area contributed by atoms with Crippen LogP contribution in [0.3, 0.4) is 0 Å². The molecule has 21 heavy (non-hydrogen) atoms. The first kappa shape index (κ1) is 11.7. The summed E-state index contributed by atoms with van der Waals surface area (Å²) in [7, 11) is 0. The van der Waals surface area contributed by atoms with Crippen molar-refractivity contribution < 1.29 is 4.68 Å². The number of aryl methyl sites for hydroxylation is 1. The van der Waals surface area contributed by atoms with Crippen LogP contribution in [0, 0.1) is 24.8 Å². The molecule has 4 heteroatoms. The van der Waals surface area contributed by atoms with Crippen LogP contribution in [0.5, 0.6) is 0 Å². The molecule has 4 nitrogen and oxygen atoms in total. The summed E-state index contributed by atoms with van der Waals surface area (Å²) in [6.45, 7) is 10.1. The summed E-state index contributed by atoms with van der Waals surface area (Å²) >= 11 is 0. The van der Waals surface area contributed by atoms with Gasteiger partial charge in [-0.15, -0.1) is 9.36 Å². The summed E-state index contributed by atoms with van der Waals surface area (Å²) in [4.78, 5) is 3.45. The summed E-state index contributed by atoms with van der Waals surface area (Å²) < 4.78 is 4.26. The molecular formula is C17H11N4+. The lowest BCUT2D eigenvalue weighted by atomic mass is 10.1. The zero-order chi connectivity index (χ0) is 14.6. The molecule has 2 heterocycles. The summed E-state index contributed by atoms with van der Waals surface area (Å²) in [6, 6.07) is 12.1. The molecule has 2 aromatic carbocycles. The van der Waals surface area contributed by atoms with E-state index in [0.29, 0.717) is 11.3 Å². The van der Waals surface area contributed by atoms with Crippen LogP contribution in [0.25, 0.3) is 21.4 Å². The van der Waals surface area contributed by atoms with Gasteiger partial charge in [0.25, 0.3) is 0 Å². The number of hydrogen-bond donors (Lipinski definition) is 0. The number of benzene rings is 2.